The van der Waals surface area contributed by atoms with Gasteiger partial charge in [-0.15, -0.1) is 5.10 Å². The van der Waals surface area contributed by atoms with Gasteiger partial charge < -0.3 is 15.0 Å². The lowest BCUT2D eigenvalue weighted by Crippen LogP contribution is -2.39. The molecule has 0 bridgehead atoms. The zero-order valence-corrected chi connectivity index (χ0v) is 19.4. The second-order valence-electron chi connectivity index (χ2n) is 8.11. The van der Waals surface area contributed by atoms with E-state index in [1.165, 1.54) is 30.6 Å². The average Bonchev–Trinajstić information content (AvgIpc) is 3.69. The highest BCUT2D eigenvalue weighted by Crippen LogP contribution is 2.44. The molecule has 37 heavy (non-hydrogen) atoms. The fourth-order valence-corrected chi connectivity index (χ4v) is 4.47. The molecule has 0 unspecified atom stereocenters. The first-order valence-electron chi connectivity index (χ1n) is 13.4. The number of benzene rings is 1. The lowest BCUT2D eigenvalue weighted by molar-refractivity contribution is -0.129. The molecule has 3 aromatic heterocycles. The Morgan fingerprint density at radius 2 is 2.14 bits per heavy atom. The molecule has 6 rings (SSSR count). The van der Waals surface area contributed by atoms with Crippen molar-refractivity contribution >= 4 is 23.1 Å². The first kappa shape index (κ1) is 18.3. The van der Waals surface area contributed by atoms with Gasteiger partial charge in [0.25, 0.3) is 0 Å². The molecule has 2 aliphatic heterocycles. The first-order chi connectivity index (χ1) is 19.8. The molecule has 5 heterocycles. The third-order valence-electron chi connectivity index (χ3n) is 6.02. The van der Waals surface area contributed by atoms with Crippen LogP contribution in [0.4, 0.5) is 8.78 Å². The molecule has 2 aliphatic rings. The van der Waals surface area contributed by atoms with E-state index in [2.05, 4.69) is 30.5 Å². The van der Waals surface area contributed by atoms with Crippen LogP contribution in [0.15, 0.2) is 43.0 Å². The summed E-state index contributed by atoms with van der Waals surface area (Å²) < 4.78 is 76.3. The predicted octanol–water partition coefficient (Wildman–Crippen LogP) is 3.39. The van der Waals surface area contributed by atoms with Crippen molar-refractivity contribution in [1.82, 2.24) is 40.1 Å². The Morgan fingerprint density at radius 1 is 1.27 bits per heavy atom. The summed E-state index contributed by atoms with van der Waals surface area (Å²) in [7, 11) is 0. The maximum absolute atomic E-state index is 15.6. The largest absolute Gasteiger partial charge is 0.390 e. The van der Waals surface area contributed by atoms with Crippen molar-refractivity contribution in [2.24, 2.45) is 0 Å². The molecule has 0 saturated carbocycles. The van der Waals surface area contributed by atoms with Gasteiger partial charge in [-0.25, -0.2) is 13.8 Å². The summed E-state index contributed by atoms with van der Waals surface area (Å²) in [5, 5.41) is 19.7. The minimum atomic E-state index is -3.02. The van der Waals surface area contributed by atoms with Crippen LogP contribution in [0, 0.1) is 11.6 Å². The van der Waals surface area contributed by atoms with E-state index in [9.17, 15) is 15.7 Å². The van der Waals surface area contributed by atoms with Crippen molar-refractivity contribution < 1.29 is 25.5 Å². The minimum absolute atomic E-state index is 0.0000107. The summed E-state index contributed by atoms with van der Waals surface area (Å²) >= 11 is 6.03. The molecule has 1 amide bonds. The number of halogens is 3. The lowest BCUT2D eigenvalue weighted by Gasteiger charge is -2.33. The highest BCUT2D eigenvalue weighted by Gasteiger charge is 2.42. The van der Waals surface area contributed by atoms with E-state index in [0.717, 1.165) is 22.0 Å². The molecule has 1 aromatic carbocycles. The van der Waals surface area contributed by atoms with E-state index >= 15 is 4.39 Å². The fraction of sp³-hybridized carbons (Fsp3) is 0.250. The first-order valence-corrected chi connectivity index (χ1v) is 11.3. The number of aliphatic hydroxyl groups is 1. The molecule has 188 valence electrons. The number of carbonyl (C=O) groups excluding carboxylic acids is 1. The van der Waals surface area contributed by atoms with Crippen LogP contribution in [0.25, 0.3) is 22.5 Å². The summed E-state index contributed by atoms with van der Waals surface area (Å²) in [6, 6.07) is -0.377. The number of aliphatic hydroxyl groups excluding tert-OH is 1. The summed E-state index contributed by atoms with van der Waals surface area (Å²) in [6.07, 6.45) is -1.85. The van der Waals surface area contributed by atoms with E-state index in [-0.39, 0.29) is 28.5 Å². The van der Waals surface area contributed by atoms with Gasteiger partial charge in [0, 0.05) is 34.9 Å². The van der Waals surface area contributed by atoms with Crippen molar-refractivity contribution in [2.75, 3.05) is 0 Å². The highest BCUT2D eigenvalue weighted by molar-refractivity contribution is 6.31. The van der Waals surface area contributed by atoms with E-state index in [1.54, 1.807) is 0 Å². The number of imidazole rings is 1. The number of hydrogen-bond acceptors (Lipinski definition) is 7. The molecule has 0 spiro atoms. The van der Waals surface area contributed by atoms with E-state index < -0.39 is 71.5 Å². The molecule has 1 fully saturated rings. The number of aromatic amines is 1. The number of tetrazole rings is 1. The molecule has 10 nitrogen and oxygen atoms in total. The third kappa shape index (κ3) is 3.89. The highest BCUT2D eigenvalue weighted by atomic mass is 35.5. The van der Waals surface area contributed by atoms with Gasteiger partial charge in [0.2, 0.25) is 5.91 Å². The Hall–Kier alpha value is -4.03. The van der Waals surface area contributed by atoms with Crippen LogP contribution in [0.3, 0.4) is 0 Å². The Bertz CT molecular complexity index is 1770. The maximum Gasteiger partial charge on any atom is 0.247 e. The Labute approximate surface area is 220 Å². The number of pyridine rings is 1. The monoisotopic (exact) mass is 529 g/mol. The number of aromatic nitrogens is 7. The number of carbonyl (C=O) groups is 1. The standard InChI is InChI=1S/C24H19ClF2N8O2/c25-15-2-4-18(34-11-30-32-33-34)21(23(15)27)12-7-13-1-3-19(35(13)20(37)8-12)24-29-9-16(31-24)14-5-6-28-17(10-36)22(14)26/h2,4-6,8-9,11,13,19,36H,1,3,7,10H2,(H,29,31)/t13-,19+/m1/s1/i1D2,7D2,13D. The summed E-state index contributed by atoms with van der Waals surface area (Å²) in [4.78, 5) is 25.2. The van der Waals surface area contributed by atoms with Gasteiger partial charge in [-0.1, -0.05) is 11.6 Å². The molecule has 1 saturated heterocycles. The van der Waals surface area contributed by atoms with Gasteiger partial charge in [-0.3, -0.25) is 9.78 Å². The van der Waals surface area contributed by atoms with Crippen LogP contribution in [0.1, 0.15) is 49.1 Å². The number of H-pyrrole nitrogens is 1. The van der Waals surface area contributed by atoms with Gasteiger partial charge in [0.1, 0.15) is 17.8 Å². The molecule has 0 radical (unpaired) electrons. The van der Waals surface area contributed by atoms with Crippen LogP contribution in [-0.2, 0) is 11.4 Å². The van der Waals surface area contributed by atoms with E-state index in [4.69, 9.17) is 17.1 Å². The van der Waals surface area contributed by atoms with Crippen LogP contribution < -0.4 is 0 Å². The molecular weight excluding hydrogens is 506 g/mol. The summed E-state index contributed by atoms with van der Waals surface area (Å²) in [5.74, 6) is -2.95. The fourth-order valence-electron chi connectivity index (χ4n) is 4.31. The van der Waals surface area contributed by atoms with Gasteiger partial charge >= 0.3 is 0 Å². The number of fused-ring (bicyclic) bond motifs is 1. The molecular formula is C24H19ClF2N8O2. The van der Waals surface area contributed by atoms with Crippen LogP contribution in [0.5, 0.6) is 0 Å². The Balaban J connectivity index is 1.49. The number of nitrogens with one attached hydrogen (secondary N) is 1. The number of hydrogen-bond donors (Lipinski definition) is 2. The van der Waals surface area contributed by atoms with Gasteiger partial charge in [-0.2, -0.15) is 4.68 Å². The van der Waals surface area contributed by atoms with E-state index in [0.29, 0.717) is 0 Å². The summed E-state index contributed by atoms with van der Waals surface area (Å²) in [6.45, 7) is -0.654. The third-order valence-corrected chi connectivity index (χ3v) is 6.32. The van der Waals surface area contributed by atoms with Crippen molar-refractivity contribution in [1.29, 1.82) is 0 Å². The molecule has 2 N–H and O–H groups in total. The van der Waals surface area contributed by atoms with Crippen molar-refractivity contribution in [3.63, 3.8) is 0 Å². The second kappa shape index (κ2) is 9.12. The topological polar surface area (TPSA) is 126 Å². The smallest absolute Gasteiger partial charge is 0.247 e. The molecule has 2 atom stereocenters. The number of rotatable bonds is 5. The normalized spacial score (nSPS) is 26.0. The van der Waals surface area contributed by atoms with Crippen LogP contribution in [0.2, 0.25) is 5.02 Å². The van der Waals surface area contributed by atoms with Crippen LogP contribution in [-0.4, -0.2) is 57.1 Å². The molecule has 4 aromatic rings. The molecule has 13 heteroatoms. The van der Waals surface area contributed by atoms with Crippen molar-refractivity contribution in [3.05, 3.63) is 76.7 Å². The quantitative estimate of drug-likeness (QED) is 0.406. The van der Waals surface area contributed by atoms with Gasteiger partial charge in [-0.05, 0) is 53.4 Å². The second-order valence-corrected chi connectivity index (χ2v) is 8.51. The summed E-state index contributed by atoms with van der Waals surface area (Å²) in [5.41, 5.74) is -1.30. The Morgan fingerprint density at radius 3 is 2.92 bits per heavy atom. The lowest BCUT2D eigenvalue weighted by atomic mass is 9.92. The number of amides is 1. The van der Waals surface area contributed by atoms with Crippen molar-refractivity contribution in [3.8, 4) is 16.9 Å². The minimum Gasteiger partial charge on any atom is -0.390 e. The molecule has 0 aliphatic carbocycles. The van der Waals surface area contributed by atoms with E-state index in [1.807, 2.05) is 0 Å². The average molecular weight is 530 g/mol. The predicted molar refractivity (Wildman–Crippen MR) is 127 cm³/mol. The van der Waals surface area contributed by atoms with Crippen LogP contribution >= 0.6 is 11.6 Å². The maximum atomic E-state index is 15.6. The van der Waals surface area contributed by atoms with Crippen molar-refractivity contribution in [2.45, 2.75) is 37.8 Å². The zero-order chi connectivity index (χ0) is 30.2. The SMILES string of the molecule is [2H]C1([2H])C[C@@H](c2ncc(-c3ccnc(CO)c3F)[nH]2)N2C(=O)C=C(c3c(-n4cnnn4)ccc(Cl)c3F)C([2H])([2H])[C@]21[2H]. The Kier molecular flexibility index (Phi) is 4.50. The number of nitrogens with zero attached hydrogens (tertiary/aromatic N) is 7. The zero-order valence-electron chi connectivity index (χ0n) is 23.7. The van der Waals surface area contributed by atoms with Gasteiger partial charge in [0.15, 0.2) is 11.6 Å². The van der Waals surface area contributed by atoms with Gasteiger partial charge in [0.05, 0.1) is 36.6 Å².